The molecule has 1 aromatic heterocycles. The third-order valence-corrected chi connectivity index (χ3v) is 5.84. The number of carbonyl (C=O) groups is 1. The van der Waals surface area contributed by atoms with Crippen LogP contribution in [0.4, 0.5) is 0 Å². The molecule has 24 heavy (non-hydrogen) atoms. The molecule has 1 amide bonds. The first-order valence-corrected chi connectivity index (χ1v) is 9.30. The van der Waals surface area contributed by atoms with Crippen molar-refractivity contribution < 1.29 is 4.79 Å². The molecule has 0 radical (unpaired) electrons. The van der Waals surface area contributed by atoms with Gasteiger partial charge in [-0.2, -0.15) is 5.10 Å². The highest BCUT2D eigenvalue weighted by molar-refractivity contribution is 5.84. The Morgan fingerprint density at radius 3 is 2.83 bits per heavy atom. The first kappa shape index (κ1) is 17.4. The van der Waals surface area contributed by atoms with Crippen LogP contribution in [-0.4, -0.2) is 71.8 Å². The van der Waals surface area contributed by atoms with Crippen LogP contribution in [0.3, 0.4) is 0 Å². The zero-order valence-electron chi connectivity index (χ0n) is 15.1. The molecule has 2 aliphatic heterocycles. The Hall–Kier alpha value is -1.40. The van der Waals surface area contributed by atoms with Gasteiger partial charge in [0.2, 0.25) is 5.91 Å². The van der Waals surface area contributed by atoms with Gasteiger partial charge in [-0.25, -0.2) is 0 Å². The molecule has 1 N–H and O–H groups in total. The molecule has 1 unspecified atom stereocenters. The fraction of sp³-hybridized carbons (Fsp3) is 0.778. The number of nitrogens with zero attached hydrogens (tertiary/aromatic N) is 4. The van der Waals surface area contributed by atoms with Crippen LogP contribution in [0.1, 0.15) is 38.5 Å². The molecular formula is C18H31N5O. The standard InChI is InChI=1S/C18H31N5O/c1-21-13-4-3-6-16(21)7-15-22(2)17(24)18(8-11-19-12-9-18)23-14-5-10-20-23/h5,10,14,16,19H,3-4,6-9,11-13,15H2,1-2H3. The number of likely N-dealkylation sites (N-methyl/N-ethyl adjacent to an activating group) is 1. The molecule has 3 rings (SSSR count). The predicted octanol–water partition coefficient (Wildman–Crippen LogP) is 1.29. The molecule has 2 fully saturated rings. The number of rotatable bonds is 5. The van der Waals surface area contributed by atoms with Gasteiger partial charge in [0, 0.05) is 32.0 Å². The number of hydrogen-bond acceptors (Lipinski definition) is 4. The highest BCUT2D eigenvalue weighted by atomic mass is 16.2. The summed E-state index contributed by atoms with van der Waals surface area (Å²) in [6.45, 7) is 3.74. The van der Waals surface area contributed by atoms with Gasteiger partial charge in [-0.3, -0.25) is 9.48 Å². The largest absolute Gasteiger partial charge is 0.344 e. The number of piperidine rings is 2. The zero-order chi connectivity index (χ0) is 17.0. The number of aromatic nitrogens is 2. The highest BCUT2D eigenvalue weighted by Crippen LogP contribution is 2.29. The average molecular weight is 333 g/mol. The quantitative estimate of drug-likeness (QED) is 0.882. The summed E-state index contributed by atoms with van der Waals surface area (Å²) in [7, 11) is 4.17. The van der Waals surface area contributed by atoms with Crippen molar-refractivity contribution in [2.45, 2.75) is 50.1 Å². The van der Waals surface area contributed by atoms with Gasteiger partial charge in [0.25, 0.3) is 0 Å². The van der Waals surface area contributed by atoms with Crippen molar-refractivity contribution in [2.24, 2.45) is 0 Å². The van der Waals surface area contributed by atoms with E-state index in [2.05, 4.69) is 22.4 Å². The van der Waals surface area contributed by atoms with E-state index in [-0.39, 0.29) is 5.91 Å². The predicted molar refractivity (Wildman–Crippen MR) is 94.8 cm³/mol. The molecule has 0 spiro atoms. The second-order valence-corrected chi connectivity index (χ2v) is 7.38. The molecule has 2 saturated heterocycles. The first-order valence-electron chi connectivity index (χ1n) is 9.30. The van der Waals surface area contributed by atoms with Gasteiger partial charge in [0.1, 0.15) is 5.54 Å². The molecule has 2 aliphatic rings. The molecule has 0 saturated carbocycles. The fourth-order valence-corrected chi connectivity index (χ4v) is 4.21. The number of amides is 1. The SMILES string of the molecule is CN(CCC1CCCCN1C)C(=O)C1(n2cccn2)CCNCC1. The minimum absolute atomic E-state index is 0.214. The summed E-state index contributed by atoms with van der Waals surface area (Å²) in [6, 6.07) is 2.52. The van der Waals surface area contributed by atoms with Crippen LogP contribution in [0, 0.1) is 0 Å². The summed E-state index contributed by atoms with van der Waals surface area (Å²) in [4.78, 5) is 17.7. The summed E-state index contributed by atoms with van der Waals surface area (Å²) < 4.78 is 1.89. The Morgan fingerprint density at radius 1 is 1.38 bits per heavy atom. The molecule has 0 aliphatic carbocycles. The third-order valence-electron chi connectivity index (χ3n) is 5.84. The van der Waals surface area contributed by atoms with Crippen molar-refractivity contribution in [3.05, 3.63) is 18.5 Å². The van der Waals surface area contributed by atoms with Gasteiger partial charge in [-0.05, 0) is 64.9 Å². The van der Waals surface area contributed by atoms with Crippen LogP contribution >= 0.6 is 0 Å². The summed E-state index contributed by atoms with van der Waals surface area (Å²) >= 11 is 0. The van der Waals surface area contributed by atoms with E-state index >= 15 is 0 Å². The van der Waals surface area contributed by atoms with Crippen LogP contribution < -0.4 is 5.32 Å². The molecular weight excluding hydrogens is 302 g/mol. The van der Waals surface area contributed by atoms with Crippen LogP contribution in [0.15, 0.2) is 18.5 Å². The smallest absolute Gasteiger partial charge is 0.250 e. The van der Waals surface area contributed by atoms with Gasteiger partial charge in [0.15, 0.2) is 0 Å². The van der Waals surface area contributed by atoms with Crippen molar-refractivity contribution in [3.63, 3.8) is 0 Å². The van der Waals surface area contributed by atoms with E-state index in [1.165, 1.54) is 25.8 Å². The lowest BCUT2D eigenvalue weighted by Crippen LogP contribution is -2.55. The monoisotopic (exact) mass is 333 g/mol. The van der Waals surface area contributed by atoms with E-state index in [9.17, 15) is 4.79 Å². The Bertz CT molecular complexity index is 524. The molecule has 0 aromatic carbocycles. The Labute approximate surface area is 145 Å². The Kier molecular flexibility index (Phi) is 5.56. The molecule has 134 valence electrons. The lowest BCUT2D eigenvalue weighted by atomic mass is 9.86. The normalized spacial score (nSPS) is 24.7. The van der Waals surface area contributed by atoms with Gasteiger partial charge < -0.3 is 15.1 Å². The molecule has 3 heterocycles. The van der Waals surface area contributed by atoms with Gasteiger partial charge in [0.05, 0.1) is 0 Å². The lowest BCUT2D eigenvalue weighted by Gasteiger charge is -2.40. The molecule has 6 heteroatoms. The Morgan fingerprint density at radius 2 is 2.17 bits per heavy atom. The van der Waals surface area contributed by atoms with E-state index in [1.807, 2.05) is 28.9 Å². The summed E-state index contributed by atoms with van der Waals surface area (Å²) in [5, 5.41) is 7.78. The maximum absolute atomic E-state index is 13.3. The molecule has 1 atom stereocenters. The van der Waals surface area contributed by atoms with Crippen molar-refractivity contribution in [1.29, 1.82) is 0 Å². The number of hydrogen-bond donors (Lipinski definition) is 1. The summed E-state index contributed by atoms with van der Waals surface area (Å²) in [5.74, 6) is 0.214. The fourth-order valence-electron chi connectivity index (χ4n) is 4.21. The van der Waals surface area contributed by atoms with E-state index in [1.54, 1.807) is 6.20 Å². The average Bonchev–Trinajstić information content (AvgIpc) is 3.16. The van der Waals surface area contributed by atoms with E-state index in [4.69, 9.17) is 0 Å². The maximum atomic E-state index is 13.3. The third kappa shape index (κ3) is 3.49. The van der Waals surface area contributed by atoms with Crippen molar-refractivity contribution >= 4 is 5.91 Å². The lowest BCUT2D eigenvalue weighted by molar-refractivity contribution is -0.142. The molecule has 6 nitrogen and oxygen atoms in total. The van der Waals surface area contributed by atoms with Crippen molar-refractivity contribution in [1.82, 2.24) is 24.9 Å². The van der Waals surface area contributed by atoms with Crippen LogP contribution in [0.25, 0.3) is 0 Å². The van der Waals surface area contributed by atoms with Gasteiger partial charge in [-0.15, -0.1) is 0 Å². The number of likely N-dealkylation sites (tertiary alicyclic amines) is 1. The van der Waals surface area contributed by atoms with Gasteiger partial charge in [-0.1, -0.05) is 6.42 Å². The molecule has 1 aromatic rings. The molecule has 0 bridgehead atoms. The van der Waals surface area contributed by atoms with E-state index in [0.29, 0.717) is 6.04 Å². The zero-order valence-corrected chi connectivity index (χ0v) is 15.1. The van der Waals surface area contributed by atoms with Crippen molar-refractivity contribution in [2.75, 3.05) is 40.3 Å². The Balaban J connectivity index is 1.66. The minimum Gasteiger partial charge on any atom is -0.344 e. The number of nitrogens with one attached hydrogen (secondary N) is 1. The summed E-state index contributed by atoms with van der Waals surface area (Å²) in [5.41, 5.74) is -0.512. The topological polar surface area (TPSA) is 53.4 Å². The van der Waals surface area contributed by atoms with Crippen LogP contribution in [0.2, 0.25) is 0 Å². The first-order chi connectivity index (χ1) is 11.6. The second-order valence-electron chi connectivity index (χ2n) is 7.38. The maximum Gasteiger partial charge on any atom is 0.250 e. The van der Waals surface area contributed by atoms with Gasteiger partial charge >= 0.3 is 0 Å². The van der Waals surface area contributed by atoms with Crippen LogP contribution in [0.5, 0.6) is 0 Å². The number of carbonyl (C=O) groups excluding carboxylic acids is 1. The highest BCUT2D eigenvalue weighted by Gasteiger charge is 2.43. The van der Waals surface area contributed by atoms with Crippen molar-refractivity contribution in [3.8, 4) is 0 Å². The van der Waals surface area contributed by atoms with E-state index in [0.717, 1.165) is 38.9 Å². The minimum atomic E-state index is -0.512. The van der Waals surface area contributed by atoms with Crippen LogP contribution in [-0.2, 0) is 10.3 Å². The summed E-state index contributed by atoms with van der Waals surface area (Å²) in [6.07, 6.45) is 10.3. The second kappa shape index (κ2) is 7.66. The van der Waals surface area contributed by atoms with E-state index < -0.39 is 5.54 Å².